The molecule has 184 valence electrons. The monoisotopic (exact) mass is 533 g/mol. The highest BCUT2D eigenvalue weighted by Crippen LogP contribution is 2.43. The molecule has 0 saturated heterocycles. The van der Waals surface area contributed by atoms with Crippen LogP contribution in [-0.4, -0.2) is 46.0 Å². The SMILES string of the molecule is CCCCCOc1c(Br)cc(C2C(C(=O)OC3CCCCC3)=C(C)Nc3nnnn32)cc1OC. The van der Waals surface area contributed by atoms with Crippen molar-refractivity contribution in [3.05, 3.63) is 33.4 Å². The number of hydrogen-bond acceptors (Lipinski definition) is 8. The largest absolute Gasteiger partial charge is 0.493 e. The third kappa shape index (κ3) is 5.21. The predicted octanol–water partition coefficient (Wildman–Crippen LogP) is 5.18. The minimum Gasteiger partial charge on any atom is -0.493 e. The Bertz CT molecular complexity index is 1050. The van der Waals surface area contributed by atoms with Gasteiger partial charge in [0.25, 0.3) is 0 Å². The molecule has 1 saturated carbocycles. The van der Waals surface area contributed by atoms with E-state index in [0.717, 1.165) is 55.0 Å². The summed E-state index contributed by atoms with van der Waals surface area (Å²) in [6.45, 7) is 4.61. The van der Waals surface area contributed by atoms with Crippen molar-refractivity contribution < 1.29 is 19.0 Å². The molecule has 1 aliphatic heterocycles. The van der Waals surface area contributed by atoms with Gasteiger partial charge >= 0.3 is 5.97 Å². The summed E-state index contributed by atoms with van der Waals surface area (Å²) < 4.78 is 20.0. The number of methoxy groups -OCH3 is 1. The first-order valence-electron chi connectivity index (χ1n) is 12.0. The standard InChI is InChI=1S/C24H32BrN5O4/c1-4-5-9-12-33-22-18(25)13-16(14-19(22)32-3)21-20(15(2)26-24-27-28-29-30(21)24)23(31)34-17-10-7-6-8-11-17/h13-14,17,21H,4-12H2,1-3H3,(H,26,27,29). The van der Waals surface area contributed by atoms with Gasteiger partial charge in [0.2, 0.25) is 5.95 Å². The number of tetrazole rings is 1. The Morgan fingerprint density at radius 2 is 2.03 bits per heavy atom. The molecule has 0 amide bonds. The van der Waals surface area contributed by atoms with Crippen molar-refractivity contribution in [3.8, 4) is 11.5 Å². The Labute approximate surface area is 208 Å². The lowest BCUT2D eigenvalue weighted by molar-refractivity contribution is -0.146. The van der Waals surface area contributed by atoms with Crippen LogP contribution in [0.25, 0.3) is 0 Å². The van der Waals surface area contributed by atoms with Crippen LogP contribution in [0.1, 0.15) is 76.8 Å². The number of allylic oxidation sites excluding steroid dienone is 1. The van der Waals surface area contributed by atoms with Crippen LogP contribution in [0.5, 0.6) is 11.5 Å². The van der Waals surface area contributed by atoms with Crippen molar-refractivity contribution in [2.45, 2.75) is 77.4 Å². The quantitative estimate of drug-likeness (QED) is 0.347. The number of nitrogens with zero attached hydrogens (tertiary/aromatic N) is 4. The van der Waals surface area contributed by atoms with Gasteiger partial charge in [0.05, 0.1) is 23.8 Å². The van der Waals surface area contributed by atoms with Gasteiger partial charge < -0.3 is 19.5 Å². The molecule has 0 radical (unpaired) electrons. The van der Waals surface area contributed by atoms with Gasteiger partial charge in [-0.1, -0.05) is 31.3 Å². The number of halogens is 1. The number of fused-ring (bicyclic) bond motifs is 1. The van der Waals surface area contributed by atoms with E-state index < -0.39 is 6.04 Å². The molecule has 1 atom stereocenters. The number of hydrogen-bond donors (Lipinski definition) is 1. The van der Waals surface area contributed by atoms with Gasteiger partial charge in [-0.15, -0.1) is 0 Å². The molecule has 1 aromatic heterocycles. The fraction of sp³-hybridized carbons (Fsp3) is 0.583. The van der Waals surface area contributed by atoms with Crippen molar-refractivity contribution in [1.29, 1.82) is 0 Å². The normalized spacial score (nSPS) is 18.3. The number of nitrogens with one attached hydrogen (secondary N) is 1. The highest BCUT2D eigenvalue weighted by molar-refractivity contribution is 9.10. The second-order valence-corrected chi connectivity index (χ2v) is 9.62. The number of carbonyl (C=O) groups is 1. The lowest BCUT2D eigenvalue weighted by Crippen LogP contribution is -2.32. The number of benzene rings is 1. The van der Waals surface area contributed by atoms with Crippen LogP contribution in [0.4, 0.5) is 5.95 Å². The molecule has 9 nitrogen and oxygen atoms in total. The topological polar surface area (TPSA) is 100 Å². The van der Waals surface area contributed by atoms with Gasteiger partial charge in [0.15, 0.2) is 11.5 Å². The first-order valence-corrected chi connectivity index (χ1v) is 12.8. The van der Waals surface area contributed by atoms with Crippen LogP contribution < -0.4 is 14.8 Å². The van der Waals surface area contributed by atoms with Crippen LogP contribution in [0.3, 0.4) is 0 Å². The minimum atomic E-state index is -0.568. The number of carbonyl (C=O) groups excluding carboxylic acids is 1. The molecule has 2 aliphatic rings. The maximum Gasteiger partial charge on any atom is 0.338 e. The molecule has 0 bridgehead atoms. The number of esters is 1. The predicted molar refractivity (Wildman–Crippen MR) is 131 cm³/mol. The van der Waals surface area contributed by atoms with E-state index >= 15 is 0 Å². The fourth-order valence-corrected chi connectivity index (χ4v) is 5.12. The van der Waals surface area contributed by atoms with Gasteiger partial charge in [-0.05, 0) is 83.1 Å². The Morgan fingerprint density at radius 1 is 1.24 bits per heavy atom. The van der Waals surface area contributed by atoms with E-state index in [0.29, 0.717) is 35.3 Å². The molecular formula is C24H32BrN5O4. The van der Waals surface area contributed by atoms with Crippen molar-refractivity contribution in [3.63, 3.8) is 0 Å². The summed E-state index contributed by atoms with van der Waals surface area (Å²) in [6, 6.07) is 3.24. The first-order chi connectivity index (χ1) is 16.5. The molecule has 10 heteroatoms. The summed E-state index contributed by atoms with van der Waals surface area (Å²) in [4.78, 5) is 13.4. The molecule has 2 heterocycles. The number of anilines is 1. The summed E-state index contributed by atoms with van der Waals surface area (Å²) in [5, 5.41) is 15.2. The zero-order valence-corrected chi connectivity index (χ0v) is 21.6. The summed E-state index contributed by atoms with van der Waals surface area (Å²) in [5.74, 6) is 1.33. The second-order valence-electron chi connectivity index (χ2n) is 8.77. The maximum atomic E-state index is 13.4. The molecule has 4 rings (SSSR count). The molecule has 1 aliphatic carbocycles. The zero-order valence-electron chi connectivity index (χ0n) is 20.0. The molecule has 1 fully saturated rings. The molecule has 0 spiro atoms. The zero-order chi connectivity index (χ0) is 24.1. The van der Waals surface area contributed by atoms with Crippen molar-refractivity contribution in [2.75, 3.05) is 19.0 Å². The highest BCUT2D eigenvalue weighted by Gasteiger charge is 2.37. The van der Waals surface area contributed by atoms with E-state index in [1.807, 2.05) is 19.1 Å². The lowest BCUT2D eigenvalue weighted by Gasteiger charge is -2.30. The highest BCUT2D eigenvalue weighted by atomic mass is 79.9. The summed E-state index contributed by atoms with van der Waals surface area (Å²) >= 11 is 3.64. The van der Waals surface area contributed by atoms with Gasteiger partial charge in [-0.25, -0.2) is 4.79 Å². The Hall–Kier alpha value is -2.62. The molecular weight excluding hydrogens is 502 g/mol. The van der Waals surface area contributed by atoms with Gasteiger partial charge in [0, 0.05) is 5.70 Å². The summed E-state index contributed by atoms with van der Waals surface area (Å²) in [5.41, 5.74) is 1.94. The van der Waals surface area contributed by atoms with E-state index in [1.165, 1.54) is 6.42 Å². The van der Waals surface area contributed by atoms with Crippen molar-refractivity contribution in [2.24, 2.45) is 0 Å². The second kappa shape index (κ2) is 11.2. The summed E-state index contributed by atoms with van der Waals surface area (Å²) in [7, 11) is 1.61. The van der Waals surface area contributed by atoms with Crippen LogP contribution in [0, 0.1) is 0 Å². The Kier molecular flexibility index (Phi) is 8.07. The van der Waals surface area contributed by atoms with E-state index in [2.05, 4.69) is 43.7 Å². The third-order valence-electron chi connectivity index (χ3n) is 6.32. The van der Waals surface area contributed by atoms with Crippen LogP contribution in [0.15, 0.2) is 27.9 Å². The van der Waals surface area contributed by atoms with Crippen LogP contribution >= 0.6 is 15.9 Å². The number of ether oxygens (including phenoxy) is 3. The number of rotatable bonds is 9. The average Bonchev–Trinajstić information content (AvgIpc) is 3.30. The van der Waals surface area contributed by atoms with Crippen LogP contribution in [0.2, 0.25) is 0 Å². The molecule has 1 aromatic carbocycles. The van der Waals surface area contributed by atoms with Gasteiger partial charge in [-0.2, -0.15) is 4.68 Å². The fourth-order valence-electron chi connectivity index (χ4n) is 4.55. The third-order valence-corrected chi connectivity index (χ3v) is 6.91. The number of unbranched alkanes of at least 4 members (excludes halogenated alkanes) is 2. The molecule has 1 N–H and O–H groups in total. The molecule has 2 aromatic rings. The Balaban J connectivity index is 1.68. The van der Waals surface area contributed by atoms with Gasteiger partial charge in [-0.3, -0.25) is 0 Å². The maximum absolute atomic E-state index is 13.4. The van der Waals surface area contributed by atoms with Crippen LogP contribution in [-0.2, 0) is 9.53 Å². The Morgan fingerprint density at radius 3 is 2.76 bits per heavy atom. The van der Waals surface area contributed by atoms with Gasteiger partial charge in [0.1, 0.15) is 12.1 Å². The van der Waals surface area contributed by atoms with E-state index in [1.54, 1.807) is 11.8 Å². The van der Waals surface area contributed by atoms with E-state index in [4.69, 9.17) is 14.2 Å². The first kappa shape index (κ1) is 24.5. The van der Waals surface area contributed by atoms with Crippen molar-refractivity contribution >= 4 is 27.8 Å². The summed E-state index contributed by atoms with van der Waals surface area (Å²) in [6.07, 6.45) is 8.28. The smallest absolute Gasteiger partial charge is 0.338 e. The minimum absolute atomic E-state index is 0.0577. The lowest BCUT2D eigenvalue weighted by atomic mass is 9.94. The van der Waals surface area contributed by atoms with Crippen molar-refractivity contribution in [1.82, 2.24) is 20.2 Å². The number of aromatic nitrogens is 4. The van der Waals surface area contributed by atoms with E-state index in [-0.39, 0.29) is 12.1 Å². The molecule has 34 heavy (non-hydrogen) atoms. The average molecular weight is 534 g/mol. The molecule has 1 unspecified atom stereocenters. The van der Waals surface area contributed by atoms with E-state index in [9.17, 15) is 4.79 Å².